The van der Waals surface area contributed by atoms with E-state index in [1.54, 1.807) is 12.1 Å². The Morgan fingerprint density at radius 2 is 1.97 bits per heavy atom. The predicted molar refractivity (Wildman–Crippen MR) is 114 cm³/mol. The molecule has 0 bridgehead atoms. The van der Waals surface area contributed by atoms with Crippen molar-refractivity contribution in [3.63, 3.8) is 0 Å². The monoisotopic (exact) mass is 418 g/mol. The van der Waals surface area contributed by atoms with Crippen molar-refractivity contribution in [1.82, 2.24) is 15.2 Å². The standard InChI is InChI=1S/C21H23FN4O2.ClH/c1-12-15(11-20(27)26-7-5-23-6-8-26)13(2)24-19(12)10-17-16-9-14(22)3-4-18(16)25-21(17)28;/h3-4,9-10,23-24H,5-8,11H2,1-2H3,(H,25,28);1H/b17-10-;. The normalized spacial score (nSPS) is 17.1. The molecule has 29 heavy (non-hydrogen) atoms. The van der Waals surface area contributed by atoms with Gasteiger partial charge in [0.2, 0.25) is 5.91 Å². The second kappa shape index (κ2) is 8.39. The van der Waals surface area contributed by atoms with Crippen LogP contribution in [0.1, 0.15) is 28.1 Å². The topological polar surface area (TPSA) is 77.2 Å². The molecule has 0 radical (unpaired) electrons. The minimum absolute atomic E-state index is 0. The number of aryl methyl sites for hydroxylation is 1. The Morgan fingerprint density at radius 1 is 1.24 bits per heavy atom. The van der Waals surface area contributed by atoms with Crippen molar-refractivity contribution in [2.75, 3.05) is 31.5 Å². The van der Waals surface area contributed by atoms with Crippen LogP contribution >= 0.6 is 12.4 Å². The minimum Gasteiger partial charge on any atom is -0.359 e. The summed E-state index contributed by atoms with van der Waals surface area (Å²) < 4.78 is 13.6. The summed E-state index contributed by atoms with van der Waals surface area (Å²) in [6, 6.07) is 4.25. The first-order valence-corrected chi connectivity index (χ1v) is 9.43. The maximum absolute atomic E-state index is 13.6. The molecule has 3 N–H and O–H groups in total. The summed E-state index contributed by atoms with van der Waals surface area (Å²) in [5.74, 6) is -0.537. The van der Waals surface area contributed by atoms with E-state index in [0.29, 0.717) is 23.2 Å². The van der Waals surface area contributed by atoms with E-state index in [-0.39, 0.29) is 30.0 Å². The molecular weight excluding hydrogens is 395 g/mol. The Labute approximate surface area is 175 Å². The molecular formula is C21H24ClFN4O2. The van der Waals surface area contributed by atoms with Gasteiger partial charge in [-0.05, 0) is 49.2 Å². The average Bonchev–Trinajstić information content (AvgIpc) is 3.13. The fourth-order valence-corrected chi connectivity index (χ4v) is 3.85. The molecule has 1 fully saturated rings. The summed E-state index contributed by atoms with van der Waals surface area (Å²) in [7, 11) is 0. The molecule has 0 atom stereocenters. The van der Waals surface area contributed by atoms with E-state index in [1.165, 1.54) is 12.1 Å². The largest absolute Gasteiger partial charge is 0.359 e. The van der Waals surface area contributed by atoms with Gasteiger partial charge in [0.1, 0.15) is 5.82 Å². The van der Waals surface area contributed by atoms with Crippen molar-refractivity contribution in [3.8, 4) is 0 Å². The number of aromatic nitrogens is 1. The summed E-state index contributed by atoms with van der Waals surface area (Å²) in [6.45, 7) is 6.95. The number of carbonyl (C=O) groups is 2. The van der Waals surface area contributed by atoms with E-state index in [4.69, 9.17) is 0 Å². The molecule has 0 aliphatic carbocycles. The van der Waals surface area contributed by atoms with Crippen LogP contribution in [0.3, 0.4) is 0 Å². The number of benzene rings is 1. The molecule has 2 aliphatic rings. The van der Waals surface area contributed by atoms with Crippen LogP contribution in [0.2, 0.25) is 0 Å². The van der Waals surface area contributed by atoms with Gasteiger partial charge < -0.3 is 20.5 Å². The SMILES string of the molecule is Cc1[nH]c(/C=C2\C(=O)Nc3ccc(F)cc32)c(C)c1CC(=O)N1CCNCC1.Cl. The first-order valence-electron chi connectivity index (χ1n) is 9.43. The molecule has 0 unspecified atom stereocenters. The van der Waals surface area contributed by atoms with E-state index in [9.17, 15) is 14.0 Å². The summed E-state index contributed by atoms with van der Waals surface area (Å²) in [6.07, 6.45) is 2.07. The molecule has 2 aliphatic heterocycles. The van der Waals surface area contributed by atoms with Crippen LogP contribution in [-0.2, 0) is 16.0 Å². The fourth-order valence-electron chi connectivity index (χ4n) is 3.85. The van der Waals surface area contributed by atoms with E-state index in [0.717, 1.165) is 48.7 Å². The van der Waals surface area contributed by atoms with E-state index in [2.05, 4.69) is 15.6 Å². The number of halogens is 2. The summed E-state index contributed by atoms with van der Waals surface area (Å²) in [4.78, 5) is 30.2. The Morgan fingerprint density at radius 3 is 2.69 bits per heavy atom. The number of carbonyl (C=O) groups excluding carboxylic acids is 2. The Bertz CT molecular complexity index is 993. The number of fused-ring (bicyclic) bond motifs is 1. The highest BCUT2D eigenvalue weighted by molar-refractivity contribution is 6.34. The Kier molecular flexibility index (Phi) is 6.10. The van der Waals surface area contributed by atoms with Crippen molar-refractivity contribution in [2.24, 2.45) is 0 Å². The molecule has 1 saturated heterocycles. The molecule has 3 heterocycles. The molecule has 1 aromatic carbocycles. The Balaban J connectivity index is 0.00000240. The summed E-state index contributed by atoms with van der Waals surface area (Å²) >= 11 is 0. The summed E-state index contributed by atoms with van der Waals surface area (Å²) in [5, 5.41) is 6.00. The predicted octanol–water partition coefficient (Wildman–Crippen LogP) is 2.66. The van der Waals surface area contributed by atoms with Crippen molar-refractivity contribution >= 4 is 41.6 Å². The van der Waals surface area contributed by atoms with Gasteiger partial charge in [-0.1, -0.05) is 0 Å². The smallest absolute Gasteiger partial charge is 0.256 e. The van der Waals surface area contributed by atoms with E-state index >= 15 is 0 Å². The van der Waals surface area contributed by atoms with Gasteiger partial charge in [0.15, 0.2) is 0 Å². The van der Waals surface area contributed by atoms with Crippen LogP contribution in [0.15, 0.2) is 18.2 Å². The first kappa shape index (κ1) is 21.1. The lowest BCUT2D eigenvalue weighted by Crippen LogP contribution is -2.47. The molecule has 4 rings (SSSR count). The van der Waals surface area contributed by atoms with Gasteiger partial charge in [-0.3, -0.25) is 9.59 Å². The van der Waals surface area contributed by atoms with Crippen LogP contribution < -0.4 is 10.6 Å². The zero-order valence-electron chi connectivity index (χ0n) is 16.4. The maximum Gasteiger partial charge on any atom is 0.256 e. The lowest BCUT2D eigenvalue weighted by molar-refractivity contribution is -0.131. The van der Waals surface area contributed by atoms with Gasteiger partial charge in [-0.2, -0.15) is 0 Å². The number of rotatable bonds is 3. The molecule has 2 aromatic rings. The van der Waals surface area contributed by atoms with Crippen LogP contribution in [0.25, 0.3) is 11.6 Å². The summed E-state index contributed by atoms with van der Waals surface area (Å²) in [5.41, 5.74) is 5.13. The van der Waals surface area contributed by atoms with Gasteiger partial charge in [0.25, 0.3) is 5.91 Å². The second-order valence-corrected chi connectivity index (χ2v) is 7.28. The average molecular weight is 419 g/mol. The lowest BCUT2D eigenvalue weighted by atomic mass is 10.0. The zero-order valence-corrected chi connectivity index (χ0v) is 17.2. The number of piperazine rings is 1. The van der Waals surface area contributed by atoms with Gasteiger partial charge >= 0.3 is 0 Å². The number of nitrogens with one attached hydrogen (secondary N) is 3. The molecule has 0 spiro atoms. The number of aromatic amines is 1. The lowest BCUT2D eigenvalue weighted by Gasteiger charge is -2.27. The number of hydrogen-bond acceptors (Lipinski definition) is 3. The van der Waals surface area contributed by atoms with Crippen LogP contribution in [0.4, 0.5) is 10.1 Å². The minimum atomic E-state index is -0.386. The molecule has 2 amide bonds. The molecule has 0 saturated carbocycles. The van der Waals surface area contributed by atoms with Crippen molar-refractivity contribution in [1.29, 1.82) is 0 Å². The van der Waals surface area contributed by atoms with Crippen molar-refractivity contribution in [3.05, 3.63) is 52.1 Å². The second-order valence-electron chi connectivity index (χ2n) is 7.28. The third kappa shape index (κ3) is 4.06. The molecule has 6 nitrogen and oxygen atoms in total. The van der Waals surface area contributed by atoms with E-state index < -0.39 is 0 Å². The highest BCUT2D eigenvalue weighted by atomic mass is 35.5. The third-order valence-electron chi connectivity index (χ3n) is 5.48. The van der Waals surface area contributed by atoms with Crippen molar-refractivity contribution in [2.45, 2.75) is 20.3 Å². The highest BCUT2D eigenvalue weighted by Crippen LogP contribution is 2.34. The number of amides is 2. The Hall–Kier alpha value is -2.64. The number of hydrogen-bond donors (Lipinski definition) is 3. The number of anilines is 1. The van der Waals surface area contributed by atoms with Gasteiger partial charge in [-0.15, -0.1) is 12.4 Å². The molecule has 154 valence electrons. The van der Waals surface area contributed by atoms with E-state index in [1.807, 2.05) is 18.7 Å². The quantitative estimate of drug-likeness (QED) is 0.671. The maximum atomic E-state index is 13.6. The van der Waals surface area contributed by atoms with Crippen molar-refractivity contribution < 1.29 is 14.0 Å². The molecule has 1 aromatic heterocycles. The zero-order chi connectivity index (χ0) is 19.8. The third-order valence-corrected chi connectivity index (χ3v) is 5.48. The van der Waals surface area contributed by atoms with Gasteiger partial charge in [0, 0.05) is 48.8 Å². The van der Waals surface area contributed by atoms with Gasteiger partial charge in [0.05, 0.1) is 12.0 Å². The van der Waals surface area contributed by atoms with Crippen LogP contribution in [0.5, 0.6) is 0 Å². The number of nitrogens with zero attached hydrogens (tertiary/aromatic N) is 1. The number of H-pyrrole nitrogens is 1. The first-order chi connectivity index (χ1) is 13.4. The van der Waals surface area contributed by atoms with Crippen LogP contribution in [-0.4, -0.2) is 47.9 Å². The highest BCUT2D eigenvalue weighted by Gasteiger charge is 2.26. The fraction of sp³-hybridized carbons (Fsp3) is 0.333. The van der Waals surface area contributed by atoms with Crippen LogP contribution in [0, 0.1) is 19.7 Å². The molecule has 8 heteroatoms. The van der Waals surface area contributed by atoms with Gasteiger partial charge in [-0.25, -0.2) is 4.39 Å².